The van der Waals surface area contributed by atoms with Gasteiger partial charge in [-0.3, -0.25) is 4.79 Å². The Morgan fingerprint density at radius 3 is 2.42 bits per heavy atom. The molecule has 0 unspecified atom stereocenters. The zero-order valence-corrected chi connectivity index (χ0v) is 20.0. The van der Waals surface area contributed by atoms with E-state index in [-0.39, 0.29) is 12.9 Å². The molecule has 2 aromatic rings. The number of nitrogens with one attached hydrogen (secondary N) is 1. The molecule has 0 aliphatic carbocycles. The van der Waals surface area contributed by atoms with Gasteiger partial charge < -0.3 is 24.3 Å². The summed E-state index contributed by atoms with van der Waals surface area (Å²) >= 11 is 0. The Bertz CT molecular complexity index is 1090. The van der Waals surface area contributed by atoms with Crippen LogP contribution in [-0.4, -0.2) is 35.8 Å². The minimum Gasteiger partial charge on any atom is -0.487 e. The highest BCUT2D eigenvalue weighted by molar-refractivity contribution is 6.00. The lowest BCUT2D eigenvalue weighted by molar-refractivity contribution is -0.135. The van der Waals surface area contributed by atoms with Gasteiger partial charge in [-0.05, 0) is 47.0 Å². The van der Waals surface area contributed by atoms with Crippen LogP contribution in [0.2, 0.25) is 0 Å². The van der Waals surface area contributed by atoms with Gasteiger partial charge in [-0.2, -0.15) is 0 Å². The number of fused-ring (bicyclic) bond motifs is 3. The van der Waals surface area contributed by atoms with Crippen LogP contribution in [0.4, 0.5) is 4.79 Å². The topological polar surface area (TPSA) is 100 Å². The zero-order valence-electron chi connectivity index (χ0n) is 20.0. The maximum atomic E-state index is 12.6. The van der Waals surface area contributed by atoms with Crippen LogP contribution in [0.25, 0.3) is 10.8 Å². The molecule has 1 N–H and O–H groups in total. The number of alkyl carbamates (subject to hydrolysis) is 1. The quantitative estimate of drug-likeness (QED) is 0.483. The summed E-state index contributed by atoms with van der Waals surface area (Å²) in [7, 11) is 0. The molecular weight excluding hydrogens is 426 g/mol. The number of hydrogen-bond acceptors (Lipinski definition) is 7. The highest BCUT2D eigenvalue weighted by Crippen LogP contribution is 2.50. The van der Waals surface area contributed by atoms with Crippen LogP contribution >= 0.6 is 0 Å². The summed E-state index contributed by atoms with van der Waals surface area (Å²) < 4.78 is 22.7. The molecule has 1 amide bonds. The van der Waals surface area contributed by atoms with Gasteiger partial charge in [-0.25, -0.2) is 9.59 Å². The van der Waals surface area contributed by atoms with Gasteiger partial charge in [0.2, 0.25) is 0 Å². The highest BCUT2D eigenvalue weighted by atomic mass is 16.6. The molecular formula is C25H33NO7. The Balaban J connectivity index is 0.00000408. The van der Waals surface area contributed by atoms with Crippen LogP contribution in [0.1, 0.15) is 61.4 Å². The Hall–Kier alpha value is -3.29. The summed E-state index contributed by atoms with van der Waals surface area (Å²) in [5.74, 6) is -0.372. The summed E-state index contributed by atoms with van der Waals surface area (Å²) in [6.45, 7) is 10.3. The molecule has 0 saturated carbocycles. The largest absolute Gasteiger partial charge is 0.487 e. The van der Waals surface area contributed by atoms with E-state index < -0.39 is 35.8 Å². The predicted molar refractivity (Wildman–Crippen MR) is 125 cm³/mol. The average Bonchev–Trinajstić information content (AvgIpc) is 2.73. The van der Waals surface area contributed by atoms with Crippen molar-refractivity contribution in [3.05, 3.63) is 29.8 Å². The maximum absolute atomic E-state index is 12.6. The molecule has 0 atom stereocenters. The van der Waals surface area contributed by atoms with Crippen molar-refractivity contribution in [3.63, 3.8) is 0 Å². The van der Waals surface area contributed by atoms with Gasteiger partial charge in [-0.15, -0.1) is 0 Å². The van der Waals surface area contributed by atoms with E-state index in [1.807, 2.05) is 32.9 Å². The second-order valence-corrected chi connectivity index (χ2v) is 9.30. The minimum absolute atomic E-state index is 0. The van der Waals surface area contributed by atoms with Gasteiger partial charge in [0, 0.05) is 24.7 Å². The van der Waals surface area contributed by atoms with Crippen molar-refractivity contribution in [1.29, 1.82) is 0 Å². The summed E-state index contributed by atoms with van der Waals surface area (Å²) in [5.41, 5.74) is -0.375. The molecule has 0 fully saturated rings. The molecule has 3 rings (SSSR count). The number of ether oxygens (including phenoxy) is 4. The molecule has 0 radical (unpaired) electrons. The summed E-state index contributed by atoms with van der Waals surface area (Å²) in [6, 6.07) is 7.28. The first-order valence-corrected chi connectivity index (χ1v) is 11.0. The first-order chi connectivity index (χ1) is 15.4. The van der Waals surface area contributed by atoms with Crippen molar-refractivity contribution >= 4 is 28.8 Å². The highest BCUT2D eigenvalue weighted by Gasteiger charge is 2.34. The van der Waals surface area contributed by atoms with Crippen molar-refractivity contribution < 1.29 is 34.8 Å². The number of carbonyl (C=O) groups is 3. The van der Waals surface area contributed by atoms with Crippen molar-refractivity contribution in [3.8, 4) is 17.2 Å². The van der Waals surface area contributed by atoms with E-state index in [0.29, 0.717) is 36.0 Å². The van der Waals surface area contributed by atoms with E-state index in [1.54, 1.807) is 26.0 Å². The molecule has 1 heterocycles. The Kier molecular flexibility index (Phi) is 6.86. The SMILES string of the molecule is CCC(C)(C)OC(=O)NCC(=O)Oc1c(OC(C)=O)c2c(c3ccccc13)OC(C)(C)CC2.[HH]. The Morgan fingerprint density at radius 1 is 1.12 bits per heavy atom. The molecule has 0 bridgehead atoms. The van der Waals surface area contributed by atoms with Gasteiger partial charge in [0.15, 0.2) is 11.5 Å². The lowest BCUT2D eigenvalue weighted by Crippen LogP contribution is -2.37. The van der Waals surface area contributed by atoms with E-state index in [9.17, 15) is 14.4 Å². The van der Waals surface area contributed by atoms with Crippen LogP contribution in [0.5, 0.6) is 17.2 Å². The third-order valence-corrected chi connectivity index (χ3v) is 5.59. The number of benzene rings is 2. The fourth-order valence-corrected chi connectivity index (χ4v) is 3.51. The zero-order chi connectivity index (χ0) is 24.4. The molecule has 180 valence electrons. The van der Waals surface area contributed by atoms with Crippen LogP contribution < -0.4 is 19.5 Å². The third-order valence-electron chi connectivity index (χ3n) is 5.59. The number of amides is 1. The predicted octanol–water partition coefficient (Wildman–Crippen LogP) is 4.93. The molecule has 0 aromatic heterocycles. The van der Waals surface area contributed by atoms with Crippen molar-refractivity contribution in [2.24, 2.45) is 0 Å². The molecule has 1 aliphatic rings. The lowest BCUT2D eigenvalue weighted by atomic mass is 9.91. The third kappa shape index (κ3) is 5.74. The van der Waals surface area contributed by atoms with Gasteiger partial charge in [0.05, 0.1) is 0 Å². The Morgan fingerprint density at radius 2 is 1.79 bits per heavy atom. The number of rotatable bonds is 6. The molecule has 0 saturated heterocycles. The van der Waals surface area contributed by atoms with Gasteiger partial charge >= 0.3 is 18.0 Å². The van der Waals surface area contributed by atoms with Gasteiger partial charge in [0.25, 0.3) is 0 Å². The minimum atomic E-state index is -0.725. The number of esters is 2. The van der Waals surface area contributed by atoms with E-state index in [2.05, 4.69) is 5.32 Å². The van der Waals surface area contributed by atoms with Crippen LogP contribution in [0, 0.1) is 0 Å². The first kappa shape index (κ1) is 24.4. The standard InChI is InChI=1S/C25H31NO7.H2/c1-7-24(3,4)33-23(29)26-14-19(28)31-21-17-11-9-8-10-16(17)20-18(22(21)30-15(2)27)12-13-25(5,6)32-20;/h8-11H,7,12-14H2,1-6H3,(H,26,29);1H. The van der Waals surface area contributed by atoms with Crippen LogP contribution in [-0.2, 0) is 20.7 Å². The van der Waals surface area contributed by atoms with Crippen LogP contribution in [0.3, 0.4) is 0 Å². The summed E-state index contributed by atoms with van der Waals surface area (Å²) in [5, 5.41) is 3.72. The van der Waals surface area contributed by atoms with E-state index >= 15 is 0 Å². The van der Waals surface area contributed by atoms with Gasteiger partial charge in [-0.1, -0.05) is 31.2 Å². The van der Waals surface area contributed by atoms with Crippen molar-refractivity contribution in [1.82, 2.24) is 5.32 Å². The monoisotopic (exact) mass is 459 g/mol. The summed E-state index contributed by atoms with van der Waals surface area (Å²) in [4.78, 5) is 36.6. The smallest absolute Gasteiger partial charge is 0.408 e. The molecule has 33 heavy (non-hydrogen) atoms. The molecule has 1 aliphatic heterocycles. The second-order valence-electron chi connectivity index (χ2n) is 9.30. The van der Waals surface area contributed by atoms with Crippen molar-refractivity contribution in [2.75, 3.05) is 6.54 Å². The molecule has 8 nitrogen and oxygen atoms in total. The fraction of sp³-hybridized carbons (Fsp3) is 0.480. The van der Waals surface area contributed by atoms with Crippen LogP contribution in [0.15, 0.2) is 24.3 Å². The Labute approximate surface area is 195 Å². The molecule has 2 aromatic carbocycles. The maximum Gasteiger partial charge on any atom is 0.408 e. The fourth-order valence-electron chi connectivity index (χ4n) is 3.51. The second kappa shape index (κ2) is 9.29. The summed E-state index contributed by atoms with van der Waals surface area (Å²) in [6.07, 6.45) is 1.18. The first-order valence-electron chi connectivity index (χ1n) is 11.0. The lowest BCUT2D eigenvalue weighted by Gasteiger charge is -2.34. The normalized spacial score (nSPS) is 14.6. The van der Waals surface area contributed by atoms with E-state index in [4.69, 9.17) is 18.9 Å². The molecule has 8 heteroatoms. The molecule has 0 spiro atoms. The van der Waals surface area contributed by atoms with Crippen molar-refractivity contribution in [2.45, 2.75) is 72.0 Å². The van der Waals surface area contributed by atoms with E-state index in [0.717, 1.165) is 5.39 Å². The number of carbonyl (C=O) groups excluding carboxylic acids is 3. The number of hydrogen-bond donors (Lipinski definition) is 1. The van der Waals surface area contributed by atoms with E-state index in [1.165, 1.54) is 6.92 Å². The van der Waals surface area contributed by atoms with Gasteiger partial charge in [0.1, 0.15) is 23.5 Å². The average molecular weight is 460 g/mol.